The number of ether oxygens (including phenoxy) is 1. The van der Waals surface area contributed by atoms with Gasteiger partial charge in [0.15, 0.2) is 0 Å². The molecule has 0 bridgehead atoms. The van der Waals surface area contributed by atoms with Crippen molar-refractivity contribution in [2.45, 2.75) is 19.5 Å². The zero-order valence-electron chi connectivity index (χ0n) is 20.9. The molecule has 0 saturated carbocycles. The quantitative estimate of drug-likeness (QED) is 0.469. The Labute approximate surface area is 213 Å². The van der Waals surface area contributed by atoms with Crippen molar-refractivity contribution in [1.82, 2.24) is 9.80 Å². The summed E-state index contributed by atoms with van der Waals surface area (Å²) in [5, 5.41) is 5.94. The first-order chi connectivity index (χ1) is 17.5. The molecule has 0 spiro atoms. The van der Waals surface area contributed by atoms with Crippen molar-refractivity contribution in [2.24, 2.45) is 0 Å². The van der Waals surface area contributed by atoms with Gasteiger partial charge >= 0.3 is 0 Å². The van der Waals surface area contributed by atoms with E-state index >= 15 is 0 Å². The Morgan fingerprint density at radius 1 is 0.917 bits per heavy atom. The third kappa shape index (κ3) is 7.24. The lowest BCUT2D eigenvalue weighted by Crippen LogP contribution is -2.35. The number of nitrogens with zero attached hydrogens (tertiary/aromatic N) is 2. The minimum atomic E-state index is -0.149. The molecular weight excluding hydrogens is 452 g/mol. The van der Waals surface area contributed by atoms with Gasteiger partial charge in [-0.1, -0.05) is 42.5 Å². The summed E-state index contributed by atoms with van der Waals surface area (Å²) in [4.78, 5) is 29.5. The molecule has 0 unspecified atom stereocenters. The maximum atomic E-state index is 12.7. The highest BCUT2D eigenvalue weighted by atomic mass is 16.5. The minimum Gasteiger partial charge on any atom is -0.379 e. The average molecular weight is 487 g/mol. The van der Waals surface area contributed by atoms with Crippen molar-refractivity contribution in [1.29, 1.82) is 0 Å². The van der Waals surface area contributed by atoms with Crippen LogP contribution in [0, 0.1) is 0 Å². The Balaban J connectivity index is 1.28. The fraction of sp³-hybridized carbons (Fsp3) is 0.310. The van der Waals surface area contributed by atoms with Crippen LogP contribution in [0.15, 0.2) is 78.9 Å². The van der Waals surface area contributed by atoms with E-state index in [4.69, 9.17) is 4.74 Å². The van der Waals surface area contributed by atoms with Crippen molar-refractivity contribution in [2.75, 3.05) is 50.5 Å². The van der Waals surface area contributed by atoms with Crippen molar-refractivity contribution in [3.63, 3.8) is 0 Å². The molecule has 1 aliphatic rings. The molecule has 7 heteroatoms. The summed E-state index contributed by atoms with van der Waals surface area (Å²) < 4.78 is 5.40. The van der Waals surface area contributed by atoms with Gasteiger partial charge in [0, 0.05) is 42.6 Å². The topological polar surface area (TPSA) is 73.9 Å². The number of hydrogen-bond acceptors (Lipinski definition) is 5. The van der Waals surface area contributed by atoms with E-state index in [1.54, 1.807) is 12.1 Å². The molecule has 3 aromatic carbocycles. The van der Waals surface area contributed by atoms with Crippen LogP contribution in [0.25, 0.3) is 0 Å². The molecule has 0 aromatic heterocycles. The Bertz CT molecular complexity index is 1140. The number of carbonyl (C=O) groups is 2. The van der Waals surface area contributed by atoms with E-state index in [9.17, 15) is 9.59 Å². The van der Waals surface area contributed by atoms with Crippen LogP contribution in [0.5, 0.6) is 0 Å². The lowest BCUT2D eigenvalue weighted by Gasteiger charge is -2.26. The van der Waals surface area contributed by atoms with Gasteiger partial charge in [-0.25, -0.2) is 0 Å². The van der Waals surface area contributed by atoms with E-state index in [2.05, 4.69) is 27.7 Å². The predicted molar refractivity (Wildman–Crippen MR) is 143 cm³/mol. The molecule has 2 amide bonds. The van der Waals surface area contributed by atoms with Gasteiger partial charge in [0.2, 0.25) is 5.91 Å². The molecule has 1 atom stereocenters. The number of anilines is 2. The number of likely N-dealkylation sites (N-methyl/N-ethyl adjacent to an activating group) is 1. The number of nitrogens with one attached hydrogen (secondary N) is 2. The zero-order chi connectivity index (χ0) is 25.3. The molecular formula is C29H34N4O3. The lowest BCUT2D eigenvalue weighted by atomic mass is 10.1. The highest BCUT2D eigenvalue weighted by Crippen LogP contribution is 2.22. The predicted octanol–water partition coefficient (Wildman–Crippen LogP) is 4.40. The number of carbonyl (C=O) groups excluding carboxylic acids is 2. The molecule has 1 saturated heterocycles. The van der Waals surface area contributed by atoms with E-state index in [1.165, 1.54) is 5.56 Å². The molecule has 188 valence electrons. The molecule has 1 heterocycles. The molecule has 2 N–H and O–H groups in total. The third-order valence-corrected chi connectivity index (χ3v) is 6.46. The van der Waals surface area contributed by atoms with Crippen LogP contribution >= 0.6 is 0 Å². The molecule has 0 aliphatic carbocycles. The van der Waals surface area contributed by atoms with Crippen molar-refractivity contribution in [3.05, 3.63) is 95.6 Å². The van der Waals surface area contributed by atoms with Gasteiger partial charge in [-0.15, -0.1) is 0 Å². The molecule has 7 nitrogen and oxygen atoms in total. The monoisotopic (exact) mass is 486 g/mol. The van der Waals surface area contributed by atoms with E-state index in [0.29, 0.717) is 5.56 Å². The molecule has 0 radical (unpaired) electrons. The van der Waals surface area contributed by atoms with Crippen molar-refractivity contribution < 1.29 is 14.3 Å². The molecule has 1 fully saturated rings. The van der Waals surface area contributed by atoms with Crippen LogP contribution in [0.3, 0.4) is 0 Å². The zero-order valence-corrected chi connectivity index (χ0v) is 20.9. The standard InChI is InChI=1S/C29H34N4O3/c1-22(25-9-6-10-27(19-25)31-29(35)24-7-4-3-5-8-24)32(2)21-28(34)30-26-13-11-23(12-14-26)20-33-15-17-36-18-16-33/h3-14,19,22H,15-18,20-21H2,1-2H3,(H,30,34)(H,31,35)/t22-/m0/s1. The average Bonchev–Trinajstić information content (AvgIpc) is 2.90. The highest BCUT2D eigenvalue weighted by molar-refractivity contribution is 6.04. The fourth-order valence-electron chi connectivity index (χ4n) is 4.20. The first-order valence-corrected chi connectivity index (χ1v) is 12.3. The number of morpholine rings is 1. The summed E-state index contributed by atoms with van der Waals surface area (Å²) in [6.45, 7) is 6.65. The molecule has 1 aliphatic heterocycles. The first-order valence-electron chi connectivity index (χ1n) is 12.3. The van der Waals surface area contributed by atoms with E-state index in [0.717, 1.165) is 49.8 Å². The van der Waals surface area contributed by atoms with Gasteiger partial charge in [-0.3, -0.25) is 19.4 Å². The number of benzene rings is 3. The van der Waals surface area contributed by atoms with E-state index < -0.39 is 0 Å². The number of rotatable bonds is 9. The smallest absolute Gasteiger partial charge is 0.255 e. The summed E-state index contributed by atoms with van der Waals surface area (Å²) in [5.74, 6) is -0.220. The molecule has 3 aromatic rings. The normalized spacial score (nSPS) is 14.9. The second kappa shape index (κ2) is 12.4. The van der Waals surface area contributed by atoms with Gasteiger partial charge in [0.25, 0.3) is 5.91 Å². The van der Waals surface area contributed by atoms with E-state index in [-0.39, 0.29) is 24.4 Å². The largest absolute Gasteiger partial charge is 0.379 e. The summed E-state index contributed by atoms with van der Waals surface area (Å²) >= 11 is 0. The summed E-state index contributed by atoms with van der Waals surface area (Å²) in [7, 11) is 1.92. The van der Waals surface area contributed by atoms with Crippen LogP contribution < -0.4 is 10.6 Å². The van der Waals surface area contributed by atoms with Gasteiger partial charge in [-0.05, 0) is 61.5 Å². The third-order valence-electron chi connectivity index (χ3n) is 6.46. The lowest BCUT2D eigenvalue weighted by molar-refractivity contribution is -0.117. The minimum absolute atomic E-state index is 0.0137. The maximum absolute atomic E-state index is 12.7. The second-order valence-electron chi connectivity index (χ2n) is 9.17. The Hall–Kier alpha value is -3.52. The summed E-state index contributed by atoms with van der Waals surface area (Å²) in [6, 6.07) is 24.9. The Kier molecular flexibility index (Phi) is 8.84. The summed E-state index contributed by atoms with van der Waals surface area (Å²) in [5.41, 5.74) is 4.36. The fourth-order valence-corrected chi connectivity index (χ4v) is 4.20. The first kappa shape index (κ1) is 25.6. The van der Waals surface area contributed by atoms with Gasteiger partial charge in [0.1, 0.15) is 0 Å². The van der Waals surface area contributed by atoms with Gasteiger partial charge < -0.3 is 15.4 Å². The highest BCUT2D eigenvalue weighted by Gasteiger charge is 2.16. The maximum Gasteiger partial charge on any atom is 0.255 e. The second-order valence-corrected chi connectivity index (χ2v) is 9.17. The SMILES string of the molecule is C[C@@H](c1cccc(NC(=O)c2ccccc2)c1)N(C)CC(=O)Nc1ccc(CN2CCOCC2)cc1. The molecule has 36 heavy (non-hydrogen) atoms. The van der Waals surface area contributed by atoms with Crippen molar-refractivity contribution >= 4 is 23.2 Å². The van der Waals surface area contributed by atoms with E-state index in [1.807, 2.05) is 73.5 Å². The molecule has 4 rings (SSSR count). The Morgan fingerprint density at radius 2 is 1.64 bits per heavy atom. The summed E-state index contributed by atoms with van der Waals surface area (Å²) in [6.07, 6.45) is 0. The van der Waals surface area contributed by atoms with Gasteiger partial charge in [-0.2, -0.15) is 0 Å². The van der Waals surface area contributed by atoms with Gasteiger partial charge in [0.05, 0.1) is 19.8 Å². The number of amides is 2. The van der Waals surface area contributed by atoms with Crippen LogP contribution in [-0.2, 0) is 16.1 Å². The van der Waals surface area contributed by atoms with Crippen molar-refractivity contribution in [3.8, 4) is 0 Å². The Morgan fingerprint density at radius 3 is 2.36 bits per heavy atom. The van der Waals surface area contributed by atoms with Crippen LogP contribution in [-0.4, -0.2) is 61.5 Å². The van der Waals surface area contributed by atoms with Crippen LogP contribution in [0.1, 0.15) is 34.5 Å². The van der Waals surface area contributed by atoms with Crippen LogP contribution in [0.4, 0.5) is 11.4 Å². The van der Waals surface area contributed by atoms with Crippen LogP contribution in [0.2, 0.25) is 0 Å². The number of hydrogen-bond donors (Lipinski definition) is 2.